The molecule has 4 nitrogen and oxygen atoms in total. The third kappa shape index (κ3) is 4.18. The number of nitrogens with two attached hydrogens (primary N) is 1. The van der Waals surface area contributed by atoms with Gasteiger partial charge in [-0.15, -0.1) is 0 Å². The van der Waals surface area contributed by atoms with E-state index in [4.69, 9.17) is 15.2 Å². The van der Waals surface area contributed by atoms with E-state index in [1.165, 1.54) is 0 Å². The molecule has 0 aliphatic carbocycles. The highest BCUT2D eigenvalue weighted by molar-refractivity contribution is 5.61. The molecule has 31 heavy (non-hydrogen) atoms. The average Bonchev–Trinajstić information content (AvgIpc) is 2.80. The fourth-order valence-electron chi connectivity index (χ4n) is 4.60. The maximum atomic E-state index is 12.1. The van der Waals surface area contributed by atoms with Gasteiger partial charge in [0.15, 0.2) is 11.5 Å². The van der Waals surface area contributed by atoms with Gasteiger partial charge in [-0.1, -0.05) is 92.6 Å². The van der Waals surface area contributed by atoms with Gasteiger partial charge in [-0.3, -0.25) is 0 Å². The highest BCUT2D eigenvalue weighted by Crippen LogP contribution is 2.52. The summed E-state index contributed by atoms with van der Waals surface area (Å²) in [6, 6.07) is 25.6. The van der Waals surface area contributed by atoms with E-state index in [-0.39, 0.29) is 0 Å². The van der Waals surface area contributed by atoms with Crippen LogP contribution in [0.15, 0.2) is 78.9 Å². The predicted molar refractivity (Wildman–Crippen MR) is 126 cm³/mol. The summed E-state index contributed by atoms with van der Waals surface area (Å²) in [7, 11) is 3.24. The molecular formula is C27H33NO3. The van der Waals surface area contributed by atoms with E-state index in [1.54, 1.807) is 14.2 Å². The van der Waals surface area contributed by atoms with Crippen LogP contribution in [0.5, 0.6) is 11.5 Å². The van der Waals surface area contributed by atoms with Gasteiger partial charge in [0.2, 0.25) is 0 Å². The van der Waals surface area contributed by atoms with Gasteiger partial charge in [0.05, 0.1) is 19.6 Å². The summed E-state index contributed by atoms with van der Waals surface area (Å²) in [6.45, 7) is 2.14. The average molecular weight is 420 g/mol. The Hall–Kier alpha value is -2.82. The van der Waals surface area contributed by atoms with Crippen molar-refractivity contribution in [2.75, 3.05) is 14.2 Å². The molecule has 0 fully saturated rings. The summed E-state index contributed by atoms with van der Waals surface area (Å²) >= 11 is 0. The Bertz CT molecular complexity index is 915. The minimum Gasteiger partial charge on any atom is -0.493 e. The number of hydrogen-bond donors (Lipinski definition) is 2. The minimum absolute atomic E-state index is 0.436. The van der Waals surface area contributed by atoms with E-state index in [2.05, 4.69) is 6.92 Å². The first-order valence-electron chi connectivity index (χ1n) is 10.9. The van der Waals surface area contributed by atoms with Crippen LogP contribution >= 0.6 is 0 Å². The topological polar surface area (TPSA) is 64.7 Å². The predicted octanol–water partition coefficient (Wildman–Crippen LogP) is 5.27. The van der Waals surface area contributed by atoms with Crippen molar-refractivity contribution >= 4 is 0 Å². The van der Waals surface area contributed by atoms with Gasteiger partial charge in [0, 0.05) is 5.56 Å². The van der Waals surface area contributed by atoms with E-state index in [9.17, 15) is 5.11 Å². The normalized spacial score (nSPS) is 13.5. The summed E-state index contributed by atoms with van der Waals surface area (Å²) in [5.74, 6) is 1.16. The Morgan fingerprint density at radius 2 is 1.35 bits per heavy atom. The molecule has 0 aromatic heterocycles. The molecule has 3 N–H and O–H groups in total. The molecule has 0 aliphatic rings. The van der Waals surface area contributed by atoms with Crippen LogP contribution < -0.4 is 15.2 Å². The first-order valence-corrected chi connectivity index (χ1v) is 10.9. The van der Waals surface area contributed by atoms with Gasteiger partial charge in [-0.05, 0) is 30.0 Å². The van der Waals surface area contributed by atoms with Crippen LogP contribution in [0, 0.1) is 0 Å². The minimum atomic E-state index is -1.58. The zero-order valence-corrected chi connectivity index (χ0v) is 18.7. The molecule has 0 amide bonds. The Kier molecular flexibility index (Phi) is 7.37. The van der Waals surface area contributed by atoms with Crippen molar-refractivity contribution in [1.29, 1.82) is 0 Å². The van der Waals surface area contributed by atoms with Gasteiger partial charge in [0.25, 0.3) is 0 Å². The number of hydrogen-bond acceptors (Lipinski definition) is 4. The largest absolute Gasteiger partial charge is 0.493 e. The number of para-hydroxylation sites is 1. The van der Waals surface area contributed by atoms with E-state index in [1.807, 2.05) is 78.9 Å². The van der Waals surface area contributed by atoms with Crippen molar-refractivity contribution < 1.29 is 14.6 Å². The molecular weight excluding hydrogens is 386 g/mol. The third-order valence-corrected chi connectivity index (χ3v) is 6.03. The van der Waals surface area contributed by atoms with E-state index in [0.29, 0.717) is 17.9 Å². The van der Waals surface area contributed by atoms with Gasteiger partial charge >= 0.3 is 0 Å². The van der Waals surface area contributed by atoms with Gasteiger partial charge in [0.1, 0.15) is 5.72 Å². The summed E-state index contributed by atoms with van der Waals surface area (Å²) in [5.41, 5.74) is 6.83. The first-order chi connectivity index (χ1) is 15.0. The molecule has 0 spiro atoms. The molecule has 3 aromatic carbocycles. The quantitative estimate of drug-likeness (QED) is 0.267. The lowest BCUT2D eigenvalue weighted by Crippen LogP contribution is -2.59. The Morgan fingerprint density at radius 1 is 0.774 bits per heavy atom. The van der Waals surface area contributed by atoms with Crippen LogP contribution in [0.25, 0.3) is 0 Å². The lowest BCUT2D eigenvalue weighted by atomic mass is 9.61. The SMILES string of the molecule is CCCCCC(N)(O)C(c1ccccc1)(c1ccccc1)c1cccc(OC)c1OC. The number of methoxy groups -OCH3 is 2. The molecule has 3 aromatic rings. The van der Waals surface area contributed by atoms with Gasteiger partial charge < -0.3 is 20.3 Å². The zero-order valence-electron chi connectivity index (χ0n) is 18.7. The molecule has 3 rings (SSSR count). The lowest BCUT2D eigenvalue weighted by Gasteiger charge is -2.47. The summed E-state index contributed by atoms with van der Waals surface area (Å²) < 4.78 is 11.5. The van der Waals surface area contributed by atoms with Crippen LogP contribution in [0.1, 0.15) is 49.3 Å². The van der Waals surface area contributed by atoms with Gasteiger partial charge in [-0.25, -0.2) is 0 Å². The van der Waals surface area contributed by atoms with E-state index < -0.39 is 11.1 Å². The maximum Gasteiger partial charge on any atom is 0.165 e. The molecule has 0 saturated heterocycles. The second-order valence-electron chi connectivity index (χ2n) is 7.90. The van der Waals surface area contributed by atoms with Gasteiger partial charge in [-0.2, -0.15) is 0 Å². The van der Waals surface area contributed by atoms with Crippen LogP contribution in [-0.2, 0) is 5.41 Å². The second kappa shape index (κ2) is 9.99. The van der Waals surface area contributed by atoms with Crippen molar-refractivity contribution in [3.8, 4) is 11.5 Å². The fourth-order valence-corrected chi connectivity index (χ4v) is 4.60. The number of ether oxygens (including phenoxy) is 2. The van der Waals surface area contributed by atoms with Crippen LogP contribution in [0.2, 0.25) is 0 Å². The van der Waals surface area contributed by atoms with Crippen molar-refractivity contribution in [2.24, 2.45) is 5.73 Å². The molecule has 0 aliphatic heterocycles. The highest BCUT2D eigenvalue weighted by Gasteiger charge is 2.53. The van der Waals surface area contributed by atoms with Crippen molar-refractivity contribution in [3.63, 3.8) is 0 Å². The van der Waals surface area contributed by atoms with E-state index >= 15 is 0 Å². The molecule has 1 unspecified atom stereocenters. The van der Waals surface area contributed by atoms with Crippen LogP contribution in [0.3, 0.4) is 0 Å². The molecule has 164 valence electrons. The Balaban J connectivity index is 2.42. The highest BCUT2D eigenvalue weighted by atomic mass is 16.5. The monoisotopic (exact) mass is 419 g/mol. The lowest BCUT2D eigenvalue weighted by molar-refractivity contribution is -0.0131. The smallest absolute Gasteiger partial charge is 0.165 e. The molecule has 0 radical (unpaired) electrons. The first kappa shape index (κ1) is 22.9. The second-order valence-corrected chi connectivity index (χ2v) is 7.90. The molecule has 1 atom stereocenters. The number of aliphatic hydroxyl groups is 1. The Morgan fingerprint density at radius 3 is 1.84 bits per heavy atom. The molecule has 4 heteroatoms. The van der Waals surface area contributed by atoms with Crippen molar-refractivity contribution in [3.05, 3.63) is 95.6 Å². The summed E-state index contributed by atoms with van der Waals surface area (Å²) in [5, 5.41) is 12.1. The van der Waals surface area contributed by atoms with Crippen molar-refractivity contribution in [1.82, 2.24) is 0 Å². The fraction of sp³-hybridized carbons (Fsp3) is 0.333. The van der Waals surface area contributed by atoms with E-state index in [0.717, 1.165) is 36.0 Å². The molecule has 0 heterocycles. The number of unbranched alkanes of at least 4 members (excludes halogenated alkanes) is 2. The standard InChI is InChI=1S/C27H33NO3/c1-4-5-12-20-26(28,29)27(21-14-8-6-9-15-21,22-16-10-7-11-17-22)23-18-13-19-24(30-2)25(23)31-3/h6-11,13-19,29H,4-5,12,20,28H2,1-3H3. The molecule has 0 bridgehead atoms. The summed E-state index contributed by atoms with van der Waals surface area (Å²) in [6.07, 6.45) is 3.29. The summed E-state index contributed by atoms with van der Waals surface area (Å²) in [4.78, 5) is 0. The van der Waals surface area contributed by atoms with Crippen LogP contribution in [-0.4, -0.2) is 25.1 Å². The third-order valence-electron chi connectivity index (χ3n) is 6.03. The van der Waals surface area contributed by atoms with Crippen molar-refractivity contribution in [2.45, 2.75) is 43.7 Å². The Labute approximate surface area is 185 Å². The number of benzene rings is 3. The zero-order chi connectivity index (χ0) is 22.3. The molecule has 0 saturated carbocycles. The van der Waals surface area contributed by atoms with Crippen LogP contribution in [0.4, 0.5) is 0 Å². The maximum absolute atomic E-state index is 12.1. The number of rotatable bonds is 10.